The zero-order valence-electron chi connectivity index (χ0n) is 14.3. The fraction of sp³-hybridized carbons (Fsp3) is 0.286. The molecule has 1 aliphatic carbocycles. The number of aromatic nitrogens is 1. The van der Waals surface area contributed by atoms with Gasteiger partial charge in [0.25, 0.3) is 0 Å². The van der Waals surface area contributed by atoms with Gasteiger partial charge in [-0.15, -0.1) is 0 Å². The van der Waals surface area contributed by atoms with Crippen molar-refractivity contribution in [1.29, 1.82) is 0 Å². The van der Waals surface area contributed by atoms with Gasteiger partial charge in [0.05, 0.1) is 0 Å². The zero-order chi connectivity index (χ0) is 17.4. The highest BCUT2D eigenvalue weighted by Gasteiger charge is 2.33. The van der Waals surface area contributed by atoms with E-state index in [0.717, 1.165) is 40.4 Å². The van der Waals surface area contributed by atoms with Crippen molar-refractivity contribution in [3.63, 3.8) is 0 Å². The Labute approximate surface area is 146 Å². The predicted octanol–water partition coefficient (Wildman–Crippen LogP) is 4.73. The third kappa shape index (κ3) is 3.04. The molecule has 4 rings (SSSR count). The van der Waals surface area contributed by atoms with Crippen LogP contribution in [0.3, 0.4) is 0 Å². The van der Waals surface area contributed by atoms with Gasteiger partial charge in [0.1, 0.15) is 5.82 Å². The van der Waals surface area contributed by atoms with Crippen LogP contribution in [0.25, 0.3) is 22.0 Å². The van der Waals surface area contributed by atoms with Crippen LogP contribution < -0.4 is 0 Å². The summed E-state index contributed by atoms with van der Waals surface area (Å²) < 4.78 is 13.7. The number of carbonyl (C=O) groups excluding carboxylic acids is 1. The number of nitrogens with one attached hydrogen (secondary N) is 1. The first-order chi connectivity index (χ1) is 12.2. The summed E-state index contributed by atoms with van der Waals surface area (Å²) in [5.74, 6) is 0.224. The standard InChI is InChI=1S/C21H21FN2O/c1-2-24(21(25)14-7-8-14)13-15-5-3-4-6-17(15)19-12-23-20-10-9-16(22)11-18(19)20/h3-6,9-12,14,23H,2,7-8,13H2,1H3. The first-order valence-corrected chi connectivity index (χ1v) is 8.81. The average molecular weight is 336 g/mol. The lowest BCUT2D eigenvalue weighted by atomic mass is 9.98. The molecule has 2 aromatic carbocycles. The van der Waals surface area contributed by atoms with Crippen molar-refractivity contribution in [2.75, 3.05) is 6.54 Å². The van der Waals surface area contributed by atoms with E-state index in [2.05, 4.69) is 11.1 Å². The molecule has 4 heteroatoms. The molecular weight excluding hydrogens is 315 g/mol. The smallest absolute Gasteiger partial charge is 0.225 e. The largest absolute Gasteiger partial charge is 0.361 e. The molecule has 128 valence electrons. The van der Waals surface area contributed by atoms with Gasteiger partial charge in [-0.1, -0.05) is 24.3 Å². The monoisotopic (exact) mass is 336 g/mol. The molecule has 1 aromatic heterocycles. The number of halogens is 1. The number of benzene rings is 2. The quantitative estimate of drug-likeness (QED) is 0.718. The fourth-order valence-corrected chi connectivity index (χ4v) is 3.38. The molecule has 0 radical (unpaired) electrons. The van der Waals surface area contributed by atoms with Crippen molar-refractivity contribution < 1.29 is 9.18 Å². The summed E-state index contributed by atoms with van der Waals surface area (Å²) in [6.07, 6.45) is 3.94. The summed E-state index contributed by atoms with van der Waals surface area (Å²) in [6.45, 7) is 3.31. The number of hydrogen-bond acceptors (Lipinski definition) is 1. The second kappa shape index (κ2) is 6.36. The summed E-state index contributed by atoms with van der Waals surface area (Å²) in [5.41, 5.74) is 4.01. The normalized spacial score (nSPS) is 14.0. The summed E-state index contributed by atoms with van der Waals surface area (Å²) in [4.78, 5) is 17.6. The number of fused-ring (bicyclic) bond motifs is 1. The third-order valence-electron chi connectivity index (χ3n) is 4.93. The molecule has 1 aliphatic rings. The maximum Gasteiger partial charge on any atom is 0.225 e. The number of carbonyl (C=O) groups is 1. The Kier molecular flexibility index (Phi) is 4.04. The van der Waals surface area contributed by atoms with E-state index in [9.17, 15) is 9.18 Å². The van der Waals surface area contributed by atoms with Crippen molar-refractivity contribution in [1.82, 2.24) is 9.88 Å². The Hall–Kier alpha value is -2.62. The molecule has 0 spiro atoms. The van der Waals surface area contributed by atoms with Gasteiger partial charge in [0, 0.05) is 41.7 Å². The second-order valence-electron chi connectivity index (χ2n) is 6.68. The molecule has 0 aliphatic heterocycles. The first-order valence-electron chi connectivity index (χ1n) is 8.81. The summed E-state index contributed by atoms with van der Waals surface area (Å²) in [6, 6.07) is 12.8. The lowest BCUT2D eigenvalue weighted by Gasteiger charge is -2.22. The van der Waals surface area contributed by atoms with Gasteiger partial charge in [-0.2, -0.15) is 0 Å². The highest BCUT2D eigenvalue weighted by Crippen LogP contribution is 2.34. The van der Waals surface area contributed by atoms with Crippen LogP contribution >= 0.6 is 0 Å². The van der Waals surface area contributed by atoms with Crippen molar-refractivity contribution in [3.8, 4) is 11.1 Å². The van der Waals surface area contributed by atoms with Crippen LogP contribution in [0.4, 0.5) is 4.39 Å². The predicted molar refractivity (Wildman–Crippen MR) is 97.5 cm³/mol. The molecule has 0 bridgehead atoms. The lowest BCUT2D eigenvalue weighted by Crippen LogP contribution is -2.31. The van der Waals surface area contributed by atoms with Crippen LogP contribution in [-0.4, -0.2) is 22.3 Å². The average Bonchev–Trinajstić information content (AvgIpc) is 3.40. The Morgan fingerprint density at radius 3 is 2.76 bits per heavy atom. The minimum absolute atomic E-state index is 0.217. The van der Waals surface area contributed by atoms with E-state index in [1.54, 1.807) is 12.1 Å². The second-order valence-corrected chi connectivity index (χ2v) is 6.68. The third-order valence-corrected chi connectivity index (χ3v) is 4.93. The molecule has 1 amide bonds. The van der Waals surface area contributed by atoms with Crippen molar-refractivity contribution in [2.24, 2.45) is 5.92 Å². The number of H-pyrrole nitrogens is 1. The minimum Gasteiger partial charge on any atom is -0.361 e. The number of hydrogen-bond donors (Lipinski definition) is 1. The van der Waals surface area contributed by atoms with Crippen LogP contribution in [-0.2, 0) is 11.3 Å². The molecule has 3 nitrogen and oxygen atoms in total. The highest BCUT2D eigenvalue weighted by atomic mass is 19.1. The summed E-state index contributed by atoms with van der Waals surface area (Å²) >= 11 is 0. The van der Waals surface area contributed by atoms with Crippen LogP contribution in [0.15, 0.2) is 48.7 Å². The fourth-order valence-electron chi connectivity index (χ4n) is 3.38. The summed E-state index contributed by atoms with van der Waals surface area (Å²) in [5, 5.41) is 0.865. The van der Waals surface area contributed by atoms with Gasteiger partial charge in [-0.3, -0.25) is 4.79 Å². The molecule has 0 atom stereocenters. The van der Waals surface area contributed by atoms with Crippen molar-refractivity contribution in [3.05, 3.63) is 60.0 Å². The molecule has 1 N–H and O–H groups in total. The Morgan fingerprint density at radius 2 is 2.00 bits per heavy atom. The molecule has 1 saturated carbocycles. The molecule has 1 heterocycles. The van der Waals surface area contributed by atoms with Crippen LogP contribution in [0, 0.1) is 11.7 Å². The van der Waals surface area contributed by atoms with Crippen LogP contribution in [0.5, 0.6) is 0 Å². The van der Waals surface area contributed by atoms with E-state index in [1.165, 1.54) is 6.07 Å². The van der Waals surface area contributed by atoms with Crippen molar-refractivity contribution in [2.45, 2.75) is 26.3 Å². The summed E-state index contributed by atoms with van der Waals surface area (Å²) in [7, 11) is 0. The van der Waals surface area contributed by atoms with Crippen LogP contribution in [0.1, 0.15) is 25.3 Å². The van der Waals surface area contributed by atoms with Gasteiger partial charge in [0.15, 0.2) is 0 Å². The van der Waals surface area contributed by atoms with Gasteiger partial charge in [0.2, 0.25) is 5.91 Å². The van der Waals surface area contributed by atoms with E-state index in [0.29, 0.717) is 13.1 Å². The Bertz CT molecular complexity index is 927. The molecule has 1 fully saturated rings. The van der Waals surface area contributed by atoms with Gasteiger partial charge in [-0.25, -0.2) is 4.39 Å². The first kappa shape index (κ1) is 15.9. The number of rotatable bonds is 5. The van der Waals surface area contributed by atoms with Crippen LogP contribution in [0.2, 0.25) is 0 Å². The van der Waals surface area contributed by atoms with Gasteiger partial charge >= 0.3 is 0 Å². The zero-order valence-corrected chi connectivity index (χ0v) is 14.3. The molecule has 0 saturated heterocycles. The van der Waals surface area contributed by atoms with Gasteiger partial charge in [-0.05, 0) is 49.1 Å². The number of nitrogens with zero attached hydrogens (tertiary/aromatic N) is 1. The van der Waals surface area contributed by atoms with E-state index >= 15 is 0 Å². The Balaban J connectivity index is 1.73. The molecular formula is C21H21FN2O. The maximum atomic E-state index is 13.7. The molecule has 3 aromatic rings. The topological polar surface area (TPSA) is 36.1 Å². The maximum absolute atomic E-state index is 13.7. The van der Waals surface area contributed by atoms with E-state index in [-0.39, 0.29) is 17.6 Å². The highest BCUT2D eigenvalue weighted by molar-refractivity contribution is 5.96. The number of amides is 1. The molecule has 0 unspecified atom stereocenters. The molecule has 25 heavy (non-hydrogen) atoms. The SMILES string of the molecule is CCN(Cc1ccccc1-c1c[nH]c2ccc(F)cc12)C(=O)C1CC1. The minimum atomic E-state index is -0.245. The Morgan fingerprint density at radius 1 is 1.20 bits per heavy atom. The van der Waals surface area contributed by atoms with Crippen molar-refractivity contribution >= 4 is 16.8 Å². The van der Waals surface area contributed by atoms with E-state index in [4.69, 9.17) is 0 Å². The number of aromatic amines is 1. The van der Waals surface area contributed by atoms with E-state index < -0.39 is 0 Å². The lowest BCUT2D eigenvalue weighted by molar-refractivity contribution is -0.132. The van der Waals surface area contributed by atoms with E-state index in [1.807, 2.05) is 36.2 Å². The van der Waals surface area contributed by atoms with Gasteiger partial charge < -0.3 is 9.88 Å².